The molecule has 0 radical (unpaired) electrons. The summed E-state index contributed by atoms with van der Waals surface area (Å²) in [6.07, 6.45) is 1.43. The maximum Gasteiger partial charge on any atom is 0.264 e. The van der Waals surface area contributed by atoms with Crippen LogP contribution in [-0.4, -0.2) is 45.8 Å². The van der Waals surface area contributed by atoms with E-state index in [1.54, 1.807) is 0 Å². The Morgan fingerprint density at radius 3 is 2.50 bits per heavy atom. The molecule has 8 nitrogen and oxygen atoms in total. The van der Waals surface area contributed by atoms with Gasteiger partial charge in [0.05, 0.1) is 32.6 Å². The molecule has 3 aromatic rings. The molecule has 0 fully saturated rings. The maximum absolute atomic E-state index is 15.0. The van der Waals surface area contributed by atoms with E-state index in [9.17, 15) is 26.0 Å². The van der Waals surface area contributed by atoms with Crippen LogP contribution in [0.15, 0.2) is 41.4 Å². The highest BCUT2D eigenvalue weighted by Crippen LogP contribution is 2.35. The molecule has 3 rings (SSSR count). The average Bonchev–Trinajstić information content (AvgIpc) is 3.12. The van der Waals surface area contributed by atoms with Crippen LogP contribution in [0, 0.1) is 5.82 Å². The third-order valence-electron chi connectivity index (χ3n) is 4.62. The quantitative estimate of drug-likeness (QED) is 0.417. The van der Waals surface area contributed by atoms with Crippen LogP contribution in [0.4, 0.5) is 10.1 Å². The molecule has 1 amide bonds. The summed E-state index contributed by atoms with van der Waals surface area (Å²) in [5.74, 6) is -2.62. The number of H-pyrrole nitrogens is 1. The fraction of sp³-hybridized carbons (Fsp3) is 0.211. The highest BCUT2D eigenvalue weighted by atomic mass is 35.5. The second-order valence-electron chi connectivity index (χ2n) is 6.70. The predicted octanol–water partition coefficient (Wildman–Crippen LogP) is 3.58. The number of sulfonamides is 1. The summed E-state index contributed by atoms with van der Waals surface area (Å²) in [5.41, 5.74) is -0.154. The van der Waals surface area contributed by atoms with Gasteiger partial charge in [-0.1, -0.05) is 36.2 Å². The smallest absolute Gasteiger partial charge is 0.264 e. The second-order valence-corrected chi connectivity index (χ2v) is 11.6. The first-order valence-corrected chi connectivity index (χ1v) is 13.3. The minimum atomic E-state index is -4.45. The Balaban J connectivity index is 1.88. The molecule has 1 heterocycles. The van der Waals surface area contributed by atoms with Crippen molar-refractivity contribution in [1.29, 1.82) is 0 Å². The van der Waals surface area contributed by atoms with Crippen molar-refractivity contribution in [2.24, 2.45) is 0 Å². The number of carbonyl (C=O) groups excluding carboxylic acids is 1. The standard InChI is InChI=1S/C19H18Cl2FN3O5S2/c1-2-31(27,28)9-8-23-19(26)11-4-3-5-15(17(11)22)32(29,30)25-14-7-6-12(20)16-13(21)10-24-18(14)16/h3-7,10,24-25H,2,8-9H2,1H3,(H,23,26). The summed E-state index contributed by atoms with van der Waals surface area (Å²) >= 11 is 12.2. The molecule has 3 N–H and O–H groups in total. The van der Waals surface area contributed by atoms with Gasteiger partial charge in [0.15, 0.2) is 15.7 Å². The normalized spacial score (nSPS) is 12.1. The molecule has 1 aromatic heterocycles. The number of benzene rings is 2. The van der Waals surface area contributed by atoms with Gasteiger partial charge in [0, 0.05) is 23.9 Å². The van der Waals surface area contributed by atoms with Crippen molar-refractivity contribution in [2.45, 2.75) is 11.8 Å². The van der Waals surface area contributed by atoms with Gasteiger partial charge in [-0.15, -0.1) is 0 Å². The third kappa shape index (κ3) is 5.01. The van der Waals surface area contributed by atoms with Gasteiger partial charge >= 0.3 is 0 Å². The van der Waals surface area contributed by atoms with Gasteiger partial charge < -0.3 is 10.3 Å². The van der Waals surface area contributed by atoms with Gasteiger partial charge in [0.2, 0.25) is 0 Å². The number of fused-ring (bicyclic) bond motifs is 1. The largest absolute Gasteiger partial charge is 0.358 e. The van der Waals surface area contributed by atoms with Crippen LogP contribution in [0.1, 0.15) is 17.3 Å². The van der Waals surface area contributed by atoms with Crippen molar-refractivity contribution in [1.82, 2.24) is 10.3 Å². The number of amides is 1. The van der Waals surface area contributed by atoms with E-state index in [1.165, 1.54) is 31.3 Å². The van der Waals surface area contributed by atoms with E-state index in [0.29, 0.717) is 15.9 Å². The molecular weight excluding hydrogens is 504 g/mol. The minimum Gasteiger partial charge on any atom is -0.358 e. The number of anilines is 1. The van der Waals surface area contributed by atoms with E-state index >= 15 is 0 Å². The van der Waals surface area contributed by atoms with E-state index < -0.39 is 42.0 Å². The molecule has 0 atom stereocenters. The lowest BCUT2D eigenvalue weighted by Gasteiger charge is -2.12. The van der Waals surface area contributed by atoms with Crippen molar-refractivity contribution < 1.29 is 26.0 Å². The summed E-state index contributed by atoms with van der Waals surface area (Å²) in [6.45, 7) is 1.23. The van der Waals surface area contributed by atoms with Gasteiger partial charge in [0.1, 0.15) is 4.90 Å². The molecule has 13 heteroatoms. The zero-order valence-corrected chi connectivity index (χ0v) is 19.7. The van der Waals surface area contributed by atoms with E-state index in [2.05, 4.69) is 15.0 Å². The fourth-order valence-corrected chi connectivity index (χ4v) is 5.34. The molecular formula is C19H18Cl2FN3O5S2. The highest BCUT2D eigenvalue weighted by molar-refractivity contribution is 7.92. The van der Waals surface area contributed by atoms with E-state index in [1.807, 2.05) is 0 Å². The summed E-state index contributed by atoms with van der Waals surface area (Å²) in [4.78, 5) is 14.3. The molecule has 0 unspecified atom stereocenters. The lowest BCUT2D eigenvalue weighted by atomic mass is 10.2. The predicted molar refractivity (Wildman–Crippen MR) is 122 cm³/mol. The number of hydrogen-bond donors (Lipinski definition) is 3. The molecule has 2 aromatic carbocycles. The molecule has 0 saturated carbocycles. The number of sulfone groups is 1. The molecule has 0 aliphatic rings. The summed E-state index contributed by atoms with van der Waals surface area (Å²) in [6, 6.07) is 6.13. The summed E-state index contributed by atoms with van der Waals surface area (Å²) < 4.78 is 66.1. The van der Waals surface area contributed by atoms with Gasteiger partial charge in [0.25, 0.3) is 15.9 Å². The average molecular weight is 522 g/mol. The van der Waals surface area contributed by atoms with Crippen molar-refractivity contribution in [3.63, 3.8) is 0 Å². The topological polar surface area (TPSA) is 125 Å². The maximum atomic E-state index is 15.0. The van der Waals surface area contributed by atoms with Crippen LogP contribution in [0.5, 0.6) is 0 Å². The first-order chi connectivity index (χ1) is 15.0. The molecule has 0 saturated heterocycles. The summed E-state index contributed by atoms with van der Waals surface area (Å²) in [5, 5.41) is 3.25. The first kappa shape index (κ1) is 24.3. The Hall–Kier alpha value is -2.34. The number of hydrogen-bond acceptors (Lipinski definition) is 5. The summed E-state index contributed by atoms with van der Waals surface area (Å²) in [7, 11) is -7.78. The van der Waals surface area contributed by atoms with E-state index in [0.717, 1.165) is 12.1 Å². The number of nitrogens with one attached hydrogen (secondary N) is 3. The van der Waals surface area contributed by atoms with Crippen molar-refractivity contribution >= 4 is 65.6 Å². The van der Waals surface area contributed by atoms with Gasteiger partial charge in [-0.3, -0.25) is 9.52 Å². The Kier molecular flexibility index (Phi) is 7.03. The van der Waals surface area contributed by atoms with Gasteiger partial charge in [-0.25, -0.2) is 21.2 Å². The van der Waals surface area contributed by atoms with Crippen LogP contribution < -0.4 is 10.0 Å². The lowest BCUT2D eigenvalue weighted by Crippen LogP contribution is -2.30. The number of carbonyl (C=O) groups is 1. The van der Waals surface area contributed by atoms with Crippen molar-refractivity contribution in [3.05, 3.63) is 58.0 Å². The van der Waals surface area contributed by atoms with Gasteiger partial charge in [-0.2, -0.15) is 0 Å². The lowest BCUT2D eigenvalue weighted by molar-refractivity contribution is 0.0951. The zero-order chi connectivity index (χ0) is 23.7. The van der Waals surface area contributed by atoms with Crippen LogP contribution in [0.2, 0.25) is 10.0 Å². The fourth-order valence-electron chi connectivity index (χ4n) is 2.91. The molecule has 172 valence electrons. The SMILES string of the molecule is CCS(=O)(=O)CCNC(=O)c1cccc(S(=O)(=O)Nc2ccc(Cl)c3c(Cl)c[nH]c23)c1F. The highest BCUT2D eigenvalue weighted by Gasteiger charge is 2.25. The van der Waals surface area contributed by atoms with Crippen LogP contribution in [-0.2, 0) is 19.9 Å². The third-order valence-corrected chi connectivity index (χ3v) is 8.32. The Labute approximate surface area is 194 Å². The monoisotopic (exact) mass is 521 g/mol. The van der Waals surface area contributed by atoms with E-state index in [-0.39, 0.29) is 28.8 Å². The molecule has 0 aliphatic carbocycles. The second kappa shape index (κ2) is 9.26. The number of rotatable bonds is 8. The first-order valence-electron chi connectivity index (χ1n) is 9.22. The van der Waals surface area contributed by atoms with Crippen LogP contribution >= 0.6 is 23.2 Å². The van der Waals surface area contributed by atoms with Crippen LogP contribution in [0.25, 0.3) is 10.9 Å². The number of aromatic nitrogens is 1. The van der Waals surface area contributed by atoms with Crippen molar-refractivity contribution in [2.75, 3.05) is 22.8 Å². The zero-order valence-electron chi connectivity index (χ0n) is 16.6. The van der Waals surface area contributed by atoms with E-state index in [4.69, 9.17) is 23.2 Å². The Bertz CT molecular complexity index is 1410. The van der Waals surface area contributed by atoms with Crippen LogP contribution in [0.3, 0.4) is 0 Å². The minimum absolute atomic E-state index is 0.0790. The molecule has 0 spiro atoms. The molecule has 0 bridgehead atoms. The molecule has 0 aliphatic heterocycles. The van der Waals surface area contributed by atoms with Gasteiger partial charge in [-0.05, 0) is 24.3 Å². The Morgan fingerprint density at radius 2 is 1.81 bits per heavy atom. The molecule has 32 heavy (non-hydrogen) atoms. The Morgan fingerprint density at radius 1 is 1.09 bits per heavy atom. The number of aromatic amines is 1. The number of halogens is 3. The van der Waals surface area contributed by atoms with Crippen molar-refractivity contribution in [3.8, 4) is 0 Å².